The maximum atomic E-state index is 5.70. The highest BCUT2D eigenvalue weighted by molar-refractivity contribution is 5.37. The fourth-order valence-corrected chi connectivity index (χ4v) is 2.19. The molecule has 0 aromatic rings. The summed E-state index contributed by atoms with van der Waals surface area (Å²) in [6.45, 7) is 5.47. The maximum absolute atomic E-state index is 5.70. The summed E-state index contributed by atoms with van der Waals surface area (Å²) in [4.78, 5) is 0. The molecule has 1 nitrogen and oxygen atoms in total. The third-order valence-corrected chi connectivity index (χ3v) is 3.21. The number of allylic oxidation sites excluding steroid dienone is 3. The zero-order valence-corrected chi connectivity index (χ0v) is 8.60. The van der Waals surface area contributed by atoms with E-state index in [9.17, 15) is 0 Å². The monoisotopic (exact) mass is 178 g/mol. The number of hydrogen-bond acceptors (Lipinski definition) is 1. The molecule has 1 aliphatic carbocycles. The summed E-state index contributed by atoms with van der Waals surface area (Å²) in [7, 11) is 0. The molecule has 0 radical (unpaired) electrons. The van der Waals surface area contributed by atoms with E-state index < -0.39 is 0 Å². The van der Waals surface area contributed by atoms with Crippen LogP contribution in [0.5, 0.6) is 0 Å². The summed E-state index contributed by atoms with van der Waals surface area (Å²) in [6, 6.07) is 0. The van der Waals surface area contributed by atoms with Crippen LogP contribution in [0.3, 0.4) is 0 Å². The van der Waals surface area contributed by atoms with Crippen molar-refractivity contribution in [3.63, 3.8) is 0 Å². The highest BCUT2D eigenvalue weighted by Gasteiger charge is 2.24. The second-order valence-corrected chi connectivity index (χ2v) is 4.03. The Bertz CT molecular complexity index is 260. The zero-order valence-electron chi connectivity index (χ0n) is 8.60. The van der Waals surface area contributed by atoms with E-state index >= 15 is 0 Å². The molecule has 0 amide bonds. The zero-order chi connectivity index (χ0) is 9.26. The summed E-state index contributed by atoms with van der Waals surface area (Å²) in [6.07, 6.45) is 7.16. The SMILES string of the molecule is CCC(C)C1=C2OCCC2=CCC1. The second-order valence-electron chi connectivity index (χ2n) is 4.03. The molecule has 1 unspecified atom stereocenters. The summed E-state index contributed by atoms with van der Waals surface area (Å²) in [5.74, 6) is 1.96. The van der Waals surface area contributed by atoms with E-state index in [2.05, 4.69) is 19.9 Å². The smallest absolute Gasteiger partial charge is 0.121 e. The van der Waals surface area contributed by atoms with Gasteiger partial charge in [-0.2, -0.15) is 0 Å². The van der Waals surface area contributed by atoms with Gasteiger partial charge in [-0.1, -0.05) is 19.9 Å². The van der Waals surface area contributed by atoms with Gasteiger partial charge >= 0.3 is 0 Å². The fraction of sp³-hybridized carbons (Fsp3) is 0.667. The average Bonchev–Trinajstić information content (AvgIpc) is 2.63. The Morgan fingerprint density at radius 1 is 1.46 bits per heavy atom. The molecule has 0 aromatic carbocycles. The Hall–Kier alpha value is -0.720. The molecule has 1 heteroatoms. The maximum Gasteiger partial charge on any atom is 0.121 e. The molecule has 0 spiro atoms. The van der Waals surface area contributed by atoms with Gasteiger partial charge in [-0.25, -0.2) is 0 Å². The lowest BCUT2D eigenvalue weighted by Gasteiger charge is -2.20. The molecule has 13 heavy (non-hydrogen) atoms. The van der Waals surface area contributed by atoms with Gasteiger partial charge in [0.05, 0.1) is 6.61 Å². The topological polar surface area (TPSA) is 9.23 Å². The highest BCUT2D eigenvalue weighted by atomic mass is 16.5. The summed E-state index contributed by atoms with van der Waals surface area (Å²) in [5, 5.41) is 0. The quantitative estimate of drug-likeness (QED) is 0.629. The van der Waals surface area contributed by atoms with Crippen molar-refractivity contribution < 1.29 is 4.74 Å². The first-order valence-corrected chi connectivity index (χ1v) is 5.38. The van der Waals surface area contributed by atoms with E-state index in [0.29, 0.717) is 5.92 Å². The van der Waals surface area contributed by atoms with Gasteiger partial charge in [0, 0.05) is 6.42 Å². The van der Waals surface area contributed by atoms with Crippen LogP contribution in [-0.2, 0) is 4.74 Å². The van der Waals surface area contributed by atoms with Gasteiger partial charge in [-0.05, 0) is 36.3 Å². The molecular weight excluding hydrogens is 160 g/mol. The molecular formula is C12H18O. The Balaban J connectivity index is 2.28. The van der Waals surface area contributed by atoms with Crippen LogP contribution in [0, 0.1) is 5.92 Å². The highest BCUT2D eigenvalue weighted by Crippen LogP contribution is 2.37. The molecule has 0 aromatic heterocycles. The van der Waals surface area contributed by atoms with Gasteiger partial charge in [0.1, 0.15) is 5.76 Å². The first-order chi connectivity index (χ1) is 6.33. The Kier molecular flexibility index (Phi) is 2.43. The summed E-state index contributed by atoms with van der Waals surface area (Å²) in [5.41, 5.74) is 3.04. The van der Waals surface area contributed by atoms with Gasteiger partial charge in [0.2, 0.25) is 0 Å². The molecule has 1 saturated heterocycles. The van der Waals surface area contributed by atoms with Crippen LogP contribution in [0.25, 0.3) is 0 Å². The molecule has 1 atom stereocenters. The van der Waals surface area contributed by atoms with E-state index in [1.54, 1.807) is 5.57 Å². The van der Waals surface area contributed by atoms with Crippen molar-refractivity contribution >= 4 is 0 Å². The number of hydrogen-bond donors (Lipinski definition) is 0. The minimum atomic E-state index is 0.705. The third-order valence-electron chi connectivity index (χ3n) is 3.21. The van der Waals surface area contributed by atoms with Crippen LogP contribution in [0.2, 0.25) is 0 Å². The normalized spacial score (nSPS) is 23.7. The minimum Gasteiger partial charge on any atom is -0.493 e. The molecule has 1 aliphatic heterocycles. The van der Waals surface area contributed by atoms with Crippen molar-refractivity contribution in [3.8, 4) is 0 Å². The van der Waals surface area contributed by atoms with Crippen LogP contribution in [0.4, 0.5) is 0 Å². The van der Waals surface area contributed by atoms with Crippen LogP contribution in [-0.4, -0.2) is 6.61 Å². The van der Waals surface area contributed by atoms with Crippen molar-refractivity contribution in [1.82, 2.24) is 0 Å². The van der Waals surface area contributed by atoms with Gasteiger partial charge in [-0.15, -0.1) is 0 Å². The lowest BCUT2D eigenvalue weighted by atomic mass is 9.87. The molecule has 1 fully saturated rings. The molecule has 0 saturated carbocycles. The largest absolute Gasteiger partial charge is 0.493 e. The first kappa shape index (κ1) is 8.86. The molecule has 72 valence electrons. The minimum absolute atomic E-state index is 0.705. The molecule has 2 rings (SSSR count). The standard InChI is InChI=1S/C12H18O/c1-3-9(2)11-6-4-5-10-7-8-13-12(10)11/h5,9H,3-4,6-8H2,1-2H3. The number of fused-ring (bicyclic) bond motifs is 1. The molecule has 1 heterocycles. The number of ether oxygens (including phenoxy) is 1. The second kappa shape index (κ2) is 3.57. The average molecular weight is 178 g/mol. The van der Waals surface area contributed by atoms with Crippen molar-refractivity contribution in [2.75, 3.05) is 6.61 Å². The predicted octanol–water partition coefficient (Wildman–Crippen LogP) is 3.43. The lowest BCUT2D eigenvalue weighted by Crippen LogP contribution is -2.06. The van der Waals surface area contributed by atoms with E-state index in [1.807, 2.05) is 0 Å². The van der Waals surface area contributed by atoms with Crippen molar-refractivity contribution in [2.45, 2.75) is 39.5 Å². The predicted molar refractivity (Wildman–Crippen MR) is 54.4 cm³/mol. The van der Waals surface area contributed by atoms with Gasteiger partial charge < -0.3 is 4.74 Å². The molecule has 0 bridgehead atoms. The Morgan fingerprint density at radius 2 is 2.31 bits per heavy atom. The van der Waals surface area contributed by atoms with E-state index in [-0.39, 0.29) is 0 Å². The fourth-order valence-electron chi connectivity index (χ4n) is 2.19. The van der Waals surface area contributed by atoms with Crippen molar-refractivity contribution in [2.24, 2.45) is 5.92 Å². The van der Waals surface area contributed by atoms with Crippen molar-refractivity contribution in [3.05, 3.63) is 23.0 Å². The van der Waals surface area contributed by atoms with E-state index in [4.69, 9.17) is 4.74 Å². The molecule has 0 N–H and O–H groups in total. The Labute approximate surface area is 80.5 Å². The Morgan fingerprint density at radius 3 is 3.08 bits per heavy atom. The summed E-state index contributed by atoms with van der Waals surface area (Å²) >= 11 is 0. The van der Waals surface area contributed by atoms with Crippen LogP contribution >= 0.6 is 0 Å². The van der Waals surface area contributed by atoms with Crippen LogP contribution in [0.15, 0.2) is 23.0 Å². The van der Waals surface area contributed by atoms with Gasteiger partial charge in [-0.3, -0.25) is 0 Å². The van der Waals surface area contributed by atoms with Crippen LogP contribution < -0.4 is 0 Å². The first-order valence-electron chi connectivity index (χ1n) is 5.38. The van der Waals surface area contributed by atoms with Gasteiger partial charge in [0.15, 0.2) is 0 Å². The van der Waals surface area contributed by atoms with Crippen molar-refractivity contribution in [1.29, 1.82) is 0 Å². The summed E-state index contributed by atoms with van der Waals surface area (Å²) < 4.78 is 5.70. The molecule has 2 aliphatic rings. The third kappa shape index (κ3) is 1.52. The van der Waals surface area contributed by atoms with Gasteiger partial charge in [0.25, 0.3) is 0 Å². The van der Waals surface area contributed by atoms with E-state index in [1.165, 1.54) is 30.6 Å². The lowest BCUT2D eigenvalue weighted by molar-refractivity contribution is 0.256. The van der Waals surface area contributed by atoms with E-state index in [0.717, 1.165) is 13.0 Å². The van der Waals surface area contributed by atoms with Crippen LogP contribution in [0.1, 0.15) is 39.5 Å². The number of rotatable bonds is 2.